The Bertz CT molecular complexity index is 763. The van der Waals surface area contributed by atoms with Crippen molar-refractivity contribution in [1.82, 2.24) is 0 Å². The molecular weight excluding hydrogens is 228 g/mol. The van der Waals surface area contributed by atoms with E-state index in [9.17, 15) is 0 Å². The fourth-order valence-electron chi connectivity index (χ4n) is 4.59. The van der Waals surface area contributed by atoms with Gasteiger partial charge in [0.15, 0.2) is 0 Å². The summed E-state index contributed by atoms with van der Waals surface area (Å²) in [4.78, 5) is 0. The Kier molecular flexibility index (Phi) is 1.68. The van der Waals surface area contributed by atoms with Crippen LogP contribution in [0.1, 0.15) is 36.0 Å². The number of allylic oxidation sites excluding steroid dienone is 2. The molecule has 92 valence electrons. The summed E-state index contributed by atoms with van der Waals surface area (Å²) in [5, 5.41) is 2.92. The van der Waals surface area contributed by atoms with E-state index in [-0.39, 0.29) is 0 Å². The highest BCUT2D eigenvalue weighted by atomic mass is 14.5. The van der Waals surface area contributed by atoms with Gasteiger partial charge in [-0.05, 0) is 46.2 Å². The van der Waals surface area contributed by atoms with Crippen molar-refractivity contribution in [3.8, 4) is 0 Å². The Balaban J connectivity index is 2.01. The second-order valence-corrected chi connectivity index (χ2v) is 6.21. The lowest BCUT2D eigenvalue weighted by molar-refractivity contribution is 0.460. The average molecular weight is 244 g/mol. The standard InChI is InChI=1S/C19H16/c1-3-13-6-7-15-8-9-16-5-2-11-19(16)12-10-14(4-1)17(13)18(15)19/h1,3-4,6-10,12,16H,2,5,11H2/t16-,19+/m0/s1. The molecule has 0 N–H and O–H groups in total. The predicted molar refractivity (Wildman–Crippen MR) is 81.0 cm³/mol. The van der Waals surface area contributed by atoms with Gasteiger partial charge in [0.25, 0.3) is 0 Å². The van der Waals surface area contributed by atoms with Gasteiger partial charge in [-0.2, -0.15) is 0 Å². The van der Waals surface area contributed by atoms with Crippen molar-refractivity contribution in [2.75, 3.05) is 0 Å². The van der Waals surface area contributed by atoms with Gasteiger partial charge in [0, 0.05) is 5.41 Å². The van der Waals surface area contributed by atoms with E-state index in [2.05, 4.69) is 54.6 Å². The van der Waals surface area contributed by atoms with Gasteiger partial charge in [-0.1, -0.05) is 61.1 Å². The van der Waals surface area contributed by atoms with E-state index >= 15 is 0 Å². The first-order chi connectivity index (χ1) is 9.38. The van der Waals surface area contributed by atoms with Crippen LogP contribution in [0.5, 0.6) is 0 Å². The zero-order valence-electron chi connectivity index (χ0n) is 10.9. The molecule has 19 heavy (non-hydrogen) atoms. The minimum Gasteiger partial charge on any atom is -0.0796 e. The summed E-state index contributed by atoms with van der Waals surface area (Å²) in [5.41, 5.74) is 4.77. The van der Waals surface area contributed by atoms with Crippen LogP contribution >= 0.6 is 0 Å². The maximum Gasteiger partial charge on any atom is 0.0210 e. The van der Waals surface area contributed by atoms with Crippen molar-refractivity contribution in [1.29, 1.82) is 0 Å². The zero-order valence-corrected chi connectivity index (χ0v) is 10.9. The highest BCUT2D eigenvalue weighted by Crippen LogP contribution is 2.55. The molecule has 0 aromatic heterocycles. The van der Waals surface area contributed by atoms with Crippen molar-refractivity contribution in [3.63, 3.8) is 0 Å². The largest absolute Gasteiger partial charge is 0.0796 e. The van der Waals surface area contributed by atoms with E-state index in [1.807, 2.05) is 0 Å². The molecule has 0 unspecified atom stereocenters. The molecule has 2 aromatic rings. The summed E-state index contributed by atoms with van der Waals surface area (Å²) in [6, 6.07) is 11.3. The molecule has 0 radical (unpaired) electrons. The van der Waals surface area contributed by atoms with Crippen LogP contribution in [0.25, 0.3) is 22.9 Å². The summed E-state index contributed by atoms with van der Waals surface area (Å²) in [7, 11) is 0. The third-order valence-corrected chi connectivity index (χ3v) is 5.41. The molecule has 0 nitrogen and oxygen atoms in total. The Morgan fingerprint density at radius 2 is 2.00 bits per heavy atom. The number of benzene rings is 2. The first-order valence-electron chi connectivity index (χ1n) is 7.32. The summed E-state index contributed by atoms with van der Waals surface area (Å²) >= 11 is 0. The van der Waals surface area contributed by atoms with Gasteiger partial charge in [0.2, 0.25) is 0 Å². The van der Waals surface area contributed by atoms with Crippen LogP contribution in [0, 0.1) is 5.92 Å². The number of hydrogen-bond donors (Lipinski definition) is 0. The van der Waals surface area contributed by atoms with Crippen LogP contribution < -0.4 is 0 Å². The highest BCUT2D eigenvalue weighted by molar-refractivity contribution is 5.99. The van der Waals surface area contributed by atoms with E-state index in [1.54, 1.807) is 5.56 Å². The van der Waals surface area contributed by atoms with E-state index in [0.717, 1.165) is 5.92 Å². The molecule has 1 fully saturated rings. The monoisotopic (exact) mass is 244 g/mol. The second-order valence-electron chi connectivity index (χ2n) is 6.21. The second kappa shape index (κ2) is 3.19. The maximum absolute atomic E-state index is 2.51. The van der Waals surface area contributed by atoms with Crippen molar-refractivity contribution in [2.45, 2.75) is 24.7 Å². The van der Waals surface area contributed by atoms with E-state index in [1.165, 1.54) is 41.2 Å². The van der Waals surface area contributed by atoms with Gasteiger partial charge >= 0.3 is 0 Å². The Hall–Kier alpha value is -1.82. The smallest absolute Gasteiger partial charge is 0.0210 e. The SMILES string of the molecule is C1=C[C@@H]2CCC[C@@]23C=Cc2cccc4ccc1c3c24. The average Bonchev–Trinajstić information content (AvgIpc) is 2.88. The Labute approximate surface area is 113 Å². The molecule has 0 aliphatic heterocycles. The molecule has 1 spiro atoms. The molecule has 0 saturated heterocycles. The first kappa shape index (κ1) is 10.0. The highest BCUT2D eigenvalue weighted by Gasteiger charge is 2.45. The molecule has 0 heterocycles. The Morgan fingerprint density at radius 3 is 3.00 bits per heavy atom. The first-order valence-corrected chi connectivity index (χ1v) is 7.32. The molecule has 3 aliphatic carbocycles. The number of rotatable bonds is 0. The summed E-state index contributed by atoms with van der Waals surface area (Å²) in [6.07, 6.45) is 13.7. The fourth-order valence-corrected chi connectivity index (χ4v) is 4.59. The van der Waals surface area contributed by atoms with Gasteiger partial charge in [0.05, 0.1) is 0 Å². The molecule has 0 heteroatoms. The van der Waals surface area contributed by atoms with Crippen LogP contribution in [0.3, 0.4) is 0 Å². The van der Waals surface area contributed by atoms with Crippen LogP contribution in [0.4, 0.5) is 0 Å². The molecule has 3 aliphatic rings. The van der Waals surface area contributed by atoms with Crippen molar-refractivity contribution in [3.05, 3.63) is 59.2 Å². The predicted octanol–water partition coefficient (Wildman–Crippen LogP) is 4.93. The lowest BCUT2D eigenvalue weighted by Crippen LogP contribution is -2.32. The number of hydrogen-bond acceptors (Lipinski definition) is 0. The Morgan fingerprint density at radius 1 is 1.00 bits per heavy atom. The molecule has 0 bridgehead atoms. The van der Waals surface area contributed by atoms with Crippen molar-refractivity contribution < 1.29 is 0 Å². The molecule has 2 aromatic carbocycles. The maximum atomic E-state index is 2.51. The minimum atomic E-state index is 0.304. The normalized spacial score (nSPS) is 29.8. The van der Waals surface area contributed by atoms with Gasteiger partial charge in [0.1, 0.15) is 0 Å². The van der Waals surface area contributed by atoms with Crippen LogP contribution in [0.2, 0.25) is 0 Å². The minimum absolute atomic E-state index is 0.304. The van der Waals surface area contributed by atoms with Gasteiger partial charge in [-0.3, -0.25) is 0 Å². The lowest BCUT2D eigenvalue weighted by atomic mass is 9.64. The lowest BCUT2D eigenvalue weighted by Gasteiger charge is -2.39. The van der Waals surface area contributed by atoms with E-state index in [4.69, 9.17) is 0 Å². The van der Waals surface area contributed by atoms with Crippen LogP contribution in [-0.4, -0.2) is 0 Å². The van der Waals surface area contributed by atoms with Crippen LogP contribution in [-0.2, 0) is 5.41 Å². The van der Waals surface area contributed by atoms with Gasteiger partial charge < -0.3 is 0 Å². The van der Waals surface area contributed by atoms with E-state index in [0.29, 0.717) is 5.41 Å². The molecular formula is C19H16. The van der Waals surface area contributed by atoms with Gasteiger partial charge in [-0.25, -0.2) is 0 Å². The quantitative estimate of drug-likeness (QED) is 0.616. The van der Waals surface area contributed by atoms with E-state index < -0.39 is 0 Å². The third kappa shape index (κ3) is 1.07. The molecule has 5 rings (SSSR count). The summed E-state index contributed by atoms with van der Waals surface area (Å²) in [5.74, 6) is 0.718. The van der Waals surface area contributed by atoms with Crippen LogP contribution in [0.15, 0.2) is 42.5 Å². The molecule has 2 atom stereocenters. The fraction of sp³-hybridized carbons (Fsp3) is 0.263. The zero-order chi connectivity index (χ0) is 12.4. The molecule has 0 amide bonds. The third-order valence-electron chi connectivity index (χ3n) is 5.41. The summed E-state index contributed by atoms with van der Waals surface area (Å²) < 4.78 is 0. The topological polar surface area (TPSA) is 0 Å². The van der Waals surface area contributed by atoms with Crippen molar-refractivity contribution >= 4 is 22.9 Å². The van der Waals surface area contributed by atoms with Gasteiger partial charge in [-0.15, -0.1) is 0 Å². The van der Waals surface area contributed by atoms with Crippen molar-refractivity contribution in [2.24, 2.45) is 5.92 Å². The summed E-state index contributed by atoms with van der Waals surface area (Å²) in [6.45, 7) is 0. The molecule has 1 saturated carbocycles.